The van der Waals surface area contributed by atoms with Crippen LogP contribution in [0, 0.1) is 5.92 Å². The van der Waals surface area contributed by atoms with E-state index in [1.807, 2.05) is 19.9 Å². The molecule has 4 nitrogen and oxygen atoms in total. The molecule has 0 saturated heterocycles. The Bertz CT molecular complexity index is 401. The maximum absolute atomic E-state index is 11.3. The molecular weight excluding hydrogens is 236 g/mol. The summed E-state index contributed by atoms with van der Waals surface area (Å²) in [5.74, 6) is -0.598. The fourth-order valence-electron chi connectivity index (χ4n) is 2.09. The molecule has 2 unspecified atom stereocenters. The van der Waals surface area contributed by atoms with Gasteiger partial charge in [0, 0.05) is 12.1 Å². The van der Waals surface area contributed by atoms with Crippen molar-refractivity contribution in [2.24, 2.45) is 5.92 Å². The number of carboxylic acids is 1. The fraction of sp³-hybridized carbons (Fsp3) is 0.500. The number of nitrogen functional groups attached to an aromatic ring is 1. The highest BCUT2D eigenvalue weighted by Crippen LogP contribution is 2.39. The molecule has 0 bridgehead atoms. The fourth-order valence-corrected chi connectivity index (χ4v) is 2.54. The van der Waals surface area contributed by atoms with Crippen LogP contribution >= 0.6 is 12.6 Å². The van der Waals surface area contributed by atoms with E-state index in [0.717, 1.165) is 5.56 Å². The summed E-state index contributed by atoms with van der Waals surface area (Å²) >= 11 is 4.29. The van der Waals surface area contributed by atoms with Gasteiger partial charge in [0.1, 0.15) is 10.6 Å². The van der Waals surface area contributed by atoms with Gasteiger partial charge in [0.2, 0.25) is 0 Å². The number of nitrogens with zero attached hydrogens (tertiary/aromatic N) is 1. The first-order chi connectivity index (χ1) is 7.76. The van der Waals surface area contributed by atoms with E-state index < -0.39 is 10.7 Å². The number of thiol groups is 1. The molecule has 0 amide bonds. The molecule has 5 heteroatoms. The lowest BCUT2D eigenvalue weighted by atomic mass is 9.79. The number of rotatable bonds is 4. The Morgan fingerprint density at radius 2 is 2.12 bits per heavy atom. The molecule has 1 aromatic rings. The van der Waals surface area contributed by atoms with E-state index in [2.05, 4.69) is 17.6 Å². The van der Waals surface area contributed by atoms with Gasteiger partial charge in [0.15, 0.2) is 0 Å². The highest BCUT2D eigenvalue weighted by Gasteiger charge is 2.40. The zero-order valence-corrected chi connectivity index (χ0v) is 11.1. The summed E-state index contributed by atoms with van der Waals surface area (Å²) in [6.45, 7) is 5.55. The maximum atomic E-state index is 11.3. The summed E-state index contributed by atoms with van der Waals surface area (Å²) in [7, 11) is 0. The van der Waals surface area contributed by atoms with Crippen LogP contribution in [-0.4, -0.2) is 20.8 Å². The summed E-state index contributed by atoms with van der Waals surface area (Å²) in [5.41, 5.74) is 6.37. The van der Waals surface area contributed by atoms with Gasteiger partial charge in [-0.2, -0.15) is 12.6 Å². The normalized spacial score (nSPS) is 16.5. The number of hydrogen-bond acceptors (Lipinski definition) is 4. The van der Waals surface area contributed by atoms with Crippen LogP contribution in [0.4, 0.5) is 5.82 Å². The average Bonchev–Trinajstić information content (AvgIpc) is 2.20. The number of aromatic nitrogens is 1. The van der Waals surface area contributed by atoms with Crippen molar-refractivity contribution in [2.45, 2.75) is 31.4 Å². The van der Waals surface area contributed by atoms with Crippen molar-refractivity contribution in [1.29, 1.82) is 0 Å². The number of anilines is 1. The second kappa shape index (κ2) is 4.96. The molecule has 1 aromatic heterocycles. The second-order valence-electron chi connectivity index (χ2n) is 4.69. The van der Waals surface area contributed by atoms with E-state index in [0.29, 0.717) is 5.82 Å². The summed E-state index contributed by atoms with van der Waals surface area (Å²) in [6.07, 6.45) is 1.62. The van der Waals surface area contributed by atoms with Crippen LogP contribution in [-0.2, 0) is 4.79 Å². The lowest BCUT2D eigenvalue weighted by molar-refractivity contribution is -0.140. The van der Waals surface area contributed by atoms with Crippen LogP contribution in [0.25, 0.3) is 0 Å². The van der Waals surface area contributed by atoms with Gasteiger partial charge in [0.05, 0.1) is 0 Å². The number of carbonyl (C=O) groups is 1. The minimum Gasteiger partial charge on any atom is -0.480 e. The van der Waals surface area contributed by atoms with Crippen molar-refractivity contribution in [3.05, 3.63) is 23.9 Å². The maximum Gasteiger partial charge on any atom is 0.319 e. The molecule has 94 valence electrons. The highest BCUT2D eigenvalue weighted by molar-refractivity contribution is 7.82. The summed E-state index contributed by atoms with van der Waals surface area (Å²) < 4.78 is -1.13. The van der Waals surface area contributed by atoms with Gasteiger partial charge in [-0.05, 0) is 24.5 Å². The Hall–Kier alpha value is -1.23. The first-order valence-corrected chi connectivity index (χ1v) is 5.88. The molecule has 0 aliphatic heterocycles. The van der Waals surface area contributed by atoms with E-state index in [1.165, 1.54) is 0 Å². The minimum absolute atomic E-state index is 0.138. The topological polar surface area (TPSA) is 76.2 Å². The number of nitrogens with two attached hydrogens (primary N) is 1. The zero-order chi connectivity index (χ0) is 13.2. The largest absolute Gasteiger partial charge is 0.480 e. The summed E-state index contributed by atoms with van der Waals surface area (Å²) in [5, 5.41) is 9.25. The van der Waals surface area contributed by atoms with Gasteiger partial charge in [0.25, 0.3) is 0 Å². The van der Waals surface area contributed by atoms with Crippen molar-refractivity contribution in [1.82, 2.24) is 4.98 Å². The van der Waals surface area contributed by atoms with Crippen molar-refractivity contribution in [2.75, 3.05) is 5.73 Å². The lowest BCUT2D eigenvalue weighted by Gasteiger charge is -2.32. The van der Waals surface area contributed by atoms with Crippen molar-refractivity contribution >= 4 is 24.4 Å². The lowest BCUT2D eigenvalue weighted by Crippen LogP contribution is -2.38. The van der Waals surface area contributed by atoms with E-state index in [1.54, 1.807) is 19.2 Å². The van der Waals surface area contributed by atoms with Crippen LogP contribution in [0.15, 0.2) is 18.3 Å². The Morgan fingerprint density at radius 1 is 1.53 bits per heavy atom. The molecule has 0 saturated carbocycles. The minimum atomic E-state index is -1.13. The van der Waals surface area contributed by atoms with E-state index in [9.17, 15) is 9.90 Å². The smallest absolute Gasteiger partial charge is 0.319 e. The average molecular weight is 254 g/mol. The van der Waals surface area contributed by atoms with Gasteiger partial charge in [-0.15, -0.1) is 0 Å². The van der Waals surface area contributed by atoms with Gasteiger partial charge >= 0.3 is 5.97 Å². The monoisotopic (exact) mass is 254 g/mol. The molecular formula is C12H18N2O2S. The number of pyridine rings is 1. The molecule has 3 N–H and O–H groups in total. The summed E-state index contributed by atoms with van der Waals surface area (Å²) in [6, 6.07) is 3.49. The van der Waals surface area contributed by atoms with Crippen LogP contribution < -0.4 is 5.73 Å². The van der Waals surface area contributed by atoms with Gasteiger partial charge in [-0.25, -0.2) is 4.98 Å². The van der Waals surface area contributed by atoms with Gasteiger partial charge < -0.3 is 10.8 Å². The van der Waals surface area contributed by atoms with Gasteiger partial charge in [-0.3, -0.25) is 4.79 Å². The van der Waals surface area contributed by atoms with Gasteiger partial charge in [-0.1, -0.05) is 19.9 Å². The van der Waals surface area contributed by atoms with Crippen molar-refractivity contribution in [3.8, 4) is 0 Å². The Labute approximate surface area is 107 Å². The second-order valence-corrected chi connectivity index (χ2v) is 5.62. The third-order valence-electron chi connectivity index (χ3n) is 2.87. The van der Waals surface area contributed by atoms with Crippen LogP contribution in [0.1, 0.15) is 32.3 Å². The standard InChI is InChI=1S/C12H18N2O2S/c1-7(2)10(12(3,17)11(15)16)8-4-5-9(13)14-6-8/h4-7,10,17H,1-3H3,(H2,13,14)(H,15,16). The zero-order valence-electron chi connectivity index (χ0n) is 10.2. The Kier molecular flexibility index (Phi) is 4.03. The van der Waals surface area contributed by atoms with Crippen LogP contribution in [0.2, 0.25) is 0 Å². The van der Waals surface area contributed by atoms with E-state index >= 15 is 0 Å². The van der Waals surface area contributed by atoms with Crippen LogP contribution in [0.5, 0.6) is 0 Å². The molecule has 1 rings (SSSR count). The molecule has 0 fully saturated rings. The highest BCUT2D eigenvalue weighted by atomic mass is 32.1. The van der Waals surface area contributed by atoms with Crippen molar-refractivity contribution in [3.63, 3.8) is 0 Å². The SMILES string of the molecule is CC(C)C(c1ccc(N)nc1)C(C)(S)C(=O)O. The van der Waals surface area contributed by atoms with E-state index in [-0.39, 0.29) is 11.8 Å². The Balaban J connectivity index is 3.18. The Morgan fingerprint density at radius 3 is 2.47 bits per heavy atom. The number of hydrogen-bond donors (Lipinski definition) is 3. The predicted molar refractivity (Wildman–Crippen MR) is 71.3 cm³/mol. The third kappa shape index (κ3) is 2.91. The summed E-state index contributed by atoms with van der Waals surface area (Å²) in [4.78, 5) is 15.3. The molecule has 2 atom stereocenters. The number of aliphatic carboxylic acids is 1. The molecule has 0 spiro atoms. The molecule has 1 heterocycles. The molecule has 0 aliphatic carbocycles. The molecule has 17 heavy (non-hydrogen) atoms. The third-order valence-corrected chi connectivity index (χ3v) is 3.34. The first-order valence-electron chi connectivity index (χ1n) is 5.44. The van der Waals surface area contributed by atoms with E-state index in [4.69, 9.17) is 5.73 Å². The molecule has 0 aliphatic rings. The number of carboxylic acid groups (broad SMARTS) is 1. The predicted octanol–water partition coefficient (Wildman–Crippen LogP) is 2.18. The van der Waals surface area contributed by atoms with Crippen molar-refractivity contribution < 1.29 is 9.90 Å². The van der Waals surface area contributed by atoms with Crippen LogP contribution in [0.3, 0.4) is 0 Å². The first kappa shape index (κ1) is 13.8. The molecule has 0 radical (unpaired) electrons. The quantitative estimate of drug-likeness (QED) is 0.720. The molecule has 0 aromatic carbocycles.